The van der Waals surface area contributed by atoms with Crippen LogP contribution in [0.4, 0.5) is 65.7 Å². The van der Waals surface area contributed by atoms with E-state index in [1.54, 1.807) is 93.8 Å². The number of carbonyl (C=O) groups excluding carboxylic acids is 5. The second kappa shape index (κ2) is 46.9. The lowest BCUT2D eigenvalue weighted by Gasteiger charge is -2.25. The van der Waals surface area contributed by atoms with Gasteiger partial charge in [0.15, 0.2) is 40.6 Å². The summed E-state index contributed by atoms with van der Waals surface area (Å²) in [6.07, 6.45) is 35.9. The summed E-state index contributed by atoms with van der Waals surface area (Å²) in [5.74, 6) is 3.82. The number of hydrogen-bond donors (Lipinski definition) is 0. The fourth-order valence-electron chi connectivity index (χ4n) is 13.6. The molecule has 0 aliphatic rings. The molecule has 0 saturated heterocycles. The highest BCUT2D eigenvalue weighted by Gasteiger charge is 2.21. The summed E-state index contributed by atoms with van der Waals surface area (Å²) in [6.45, 7) is 7.13. The third kappa shape index (κ3) is 26.9. The highest BCUT2D eigenvalue weighted by molar-refractivity contribution is 6.01. The summed E-state index contributed by atoms with van der Waals surface area (Å²) in [5, 5.41) is 0. The number of terminal acetylenes is 2. The first-order valence-electron chi connectivity index (χ1n) is 41.3. The van der Waals surface area contributed by atoms with Crippen molar-refractivity contribution >= 4 is 85.8 Å². The Kier molecular flexibility index (Phi) is 33.9. The minimum Gasteiger partial charge on any atom is -0.497 e. The SMILES string of the molecule is C#Cc1cccc(C(=O)Cc2cc(F)c(F)c(N(C)c3cncnc3)c2)c1.C#Cc1cccc(C(=O)Cc2cccc(N(C)c3cccnc3)c2)c1.CCCCN(c1cccnc1)c1cccc(CC(=O)c2cccc(C)c2)c1.COc1cccc(C(=O)Cc2cccc(N(C)c3cncnc3)c2)c1.Cc1cccc(C(=O)Cc2cccc(N(C)c3cncnc3)c2)c1. The Morgan fingerprint density at radius 2 is 0.680 bits per heavy atom. The summed E-state index contributed by atoms with van der Waals surface area (Å²) < 4.78 is 33.6. The van der Waals surface area contributed by atoms with Crippen LogP contribution in [0.15, 0.2) is 336 Å². The van der Waals surface area contributed by atoms with Gasteiger partial charge in [0.2, 0.25) is 0 Å². The number of ether oxygens (including phenoxy) is 1. The van der Waals surface area contributed by atoms with Crippen LogP contribution in [-0.4, -0.2) is 111 Å². The zero-order valence-corrected chi connectivity index (χ0v) is 72.6. The van der Waals surface area contributed by atoms with Crippen LogP contribution in [0.1, 0.15) is 122 Å². The van der Waals surface area contributed by atoms with Crippen LogP contribution in [0.3, 0.4) is 0 Å². The zero-order chi connectivity index (χ0) is 90.7. The van der Waals surface area contributed by atoms with Crippen molar-refractivity contribution in [2.45, 2.75) is 65.7 Å². The van der Waals surface area contributed by atoms with E-state index in [9.17, 15) is 32.8 Å². The molecule has 15 aromatic rings. The van der Waals surface area contributed by atoms with Crippen molar-refractivity contribution in [3.05, 3.63) is 425 Å². The Labute approximate surface area is 746 Å². The number of pyridine rings is 2. The first-order chi connectivity index (χ1) is 62.1. The zero-order valence-electron chi connectivity index (χ0n) is 72.6. The number of halogens is 2. The van der Waals surface area contributed by atoms with E-state index < -0.39 is 11.6 Å². The predicted octanol–water partition coefficient (Wildman–Crippen LogP) is 21.6. The number of methoxy groups -OCH3 is 1. The van der Waals surface area contributed by atoms with Crippen LogP contribution in [0, 0.1) is 50.2 Å². The van der Waals surface area contributed by atoms with E-state index in [1.807, 2.05) is 244 Å². The molecule has 0 bridgehead atoms. The van der Waals surface area contributed by atoms with E-state index >= 15 is 0 Å². The van der Waals surface area contributed by atoms with Gasteiger partial charge in [0, 0.05) is 141 Å². The van der Waals surface area contributed by atoms with Gasteiger partial charge in [0.05, 0.1) is 90.8 Å². The molecule has 21 heteroatoms. The second-order valence-electron chi connectivity index (χ2n) is 30.0. The molecule has 0 radical (unpaired) electrons. The molecule has 19 nitrogen and oxygen atoms in total. The number of Topliss-reactive ketones (excluding diaryl/α,β-unsaturated/α-hetero) is 5. The number of hydrogen-bond acceptors (Lipinski definition) is 19. The van der Waals surface area contributed by atoms with Crippen LogP contribution in [0.5, 0.6) is 5.75 Å². The molecule has 5 heterocycles. The number of carbonyl (C=O) groups is 5. The molecule has 0 aliphatic heterocycles. The minimum atomic E-state index is -1.03. The topological polar surface area (TPSA) is 214 Å². The Morgan fingerprint density at radius 3 is 1.07 bits per heavy atom. The smallest absolute Gasteiger partial charge is 0.182 e. The molecule has 0 N–H and O–H groups in total. The predicted molar refractivity (Wildman–Crippen MR) is 505 cm³/mol. The van der Waals surface area contributed by atoms with Gasteiger partial charge in [-0.1, -0.05) is 158 Å². The number of anilines is 10. The number of rotatable bonds is 29. The van der Waals surface area contributed by atoms with Gasteiger partial charge in [-0.05, 0) is 182 Å². The first kappa shape index (κ1) is 92.6. The van der Waals surface area contributed by atoms with E-state index in [2.05, 4.69) is 81.7 Å². The molecule has 128 heavy (non-hydrogen) atoms. The van der Waals surface area contributed by atoms with Crippen molar-refractivity contribution in [2.24, 2.45) is 0 Å². The Bertz CT molecular complexity index is 6340. The average molecular weight is 1700 g/mol. The number of ketones is 5. The van der Waals surface area contributed by atoms with Crippen molar-refractivity contribution in [3.8, 4) is 30.4 Å². The van der Waals surface area contributed by atoms with Gasteiger partial charge in [-0.15, -0.1) is 12.8 Å². The Hall–Kier alpha value is -16.1. The quantitative estimate of drug-likeness (QED) is 0.0315. The van der Waals surface area contributed by atoms with Crippen LogP contribution in [-0.2, 0) is 32.1 Å². The van der Waals surface area contributed by atoms with Gasteiger partial charge >= 0.3 is 0 Å². The molecule has 0 spiro atoms. The lowest BCUT2D eigenvalue weighted by molar-refractivity contribution is 0.0984. The standard InChI is InChI=1S/C24H26N2O.C22H18N2O.C21H15F2N3O.C20H19N3O2.C20H19N3O/c1-3-4-14-26(23-12-7-13-25-18-23)22-11-6-9-20(16-22)17-24(27)21-10-5-8-19(2)15-21;1-3-17-7-4-9-19(13-17)22(25)15-18-8-5-10-20(14-18)24(2)21-11-6-12-23-16-21;1-3-14-5-4-6-16(7-14)20(27)10-15-8-18(22)21(23)19(9-15)26(2)17-11-24-13-25-12-17;1-23(18-12-21-14-22-13-18)17-7-3-5-15(9-17)10-20(24)16-6-4-8-19(11-16)25-2;1-15-5-3-7-17(9-15)20(24)11-16-6-4-8-18(10-16)23(2)19-12-21-14-22-13-19/h5-13,15-16,18H,3-4,14,17H2,1-2H3;1,4-14,16H,15H2,2H3;1,4-9,11-13H,10H2,2H3;3-9,11-14H,10H2,1-2H3;3-10,12-14H,11H2,1-2H3. The third-order valence-electron chi connectivity index (χ3n) is 20.7. The molecule has 0 atom stereocenters. The lowest BCUT2D eigenvalue weighted by Crippen LogP contribution is -2.18. The molecule has 0 unspecified atom stereocenters. The fraction of sp³-hybridized carbons (Fsp3) is 0.150. The highest BCUT2D eigenvalue weighted by atomic mass is 19.2. The van der Waals surface area contributed by atoms with Crippen LogP contribution >= 0.6 is 0 Å². The molecule has 0 amide bonds. The number of aryl methyl sites for hydroxylation is 2. The summed E-state index contributed by atoms with van der Waals surface area (Å²) in [7, 11) is 9.05. The van der Waals surface area contributed by atoms with E-state index in [4.69, 9.17) is 17.6 Å². The van der Waals surface area contributed by atoms with Crippen LogP contribution in [0.2, 0.25) is 0 Å². The van der Waals surface area contributed by atoms with Gasteiger partial charge in [-0.25, -0.2) is 38.7 Å². The number of unbranched alkanes of at least 4 members (excludes halogenated alkanes) is 1. The Morgan fingerprint density at radius 1 is 0.344 bits per heavy atom. The summed E-state index contributed by atoms with van der Waals surface area (Å²) >= 11 is 0. The summed E-state index contributed by atoms with van der Waals surface area (Å²) in [4.78, 5) is 105. The normalized spacial score (nSPS) is 10.3. The molecule has 10 aromatic carbocycles. The van der Waals surface area contributed by atoms with E-state index in [0.717, 1.165) is 121 Å². The molecule has 15 rings (SSSR count). The summed E-state index contributed by atoms with van der Waals surface area (Å²) in [6, 6.07) is 79.1. The second-order valence-corrected chi connectivity index (χ2v) is 30.0. The maximum absolute atomic E-state index is 14.3. The lowest BCUT2D eigenvalue weighted by atomic mass is 10.0. The molecule has 5 aromatic heterocycles. The molecule has 0 aliphatic carbocycles. The van der Waals surface area contributed by atoms with Crippen molar-refractivity contribution in [3.63, 3.8) is 0 Å². The number of aromatic nitrogens is 8. The largest absolute Gasteiger partial charge is 0.497 e. The van der Waals surface area contributed by atoms with Gasteiger partial charge < -0.3 is 29.2 Å². The first-order valence-corrected chi connectivity index (χ1v) is 41.3. The van der Waals surface area contributed by atoms with Gasteiger partial charge in [-0.3, -0.25) is 33.9 Å². The van der Waals surface area contributed by atoms with E-state index in [1.165, 1.54) is 42.3 Å². The molecule has 0 fully saturated rings. The maximum Gasteiger partial charge on any atom is 0.182 e. The average Bonchev–Trinajstić information content (AvgIpc) is 0.798. The van der Waals surface area contributed by atoms with Gasteiger partial charge in [0.1, 0.15) is 24.7 Å². The van der Waals surface area contributed by atoms with Gasteiger partial charge in [0.25, 0.3) is 0 Å². The monoisotopic (exact) mass is 1700 g/mol. The van der Waals surface area contributed by atoms with Crippen molar-refractivity contribution < 1.29 is 37.5 Å². The maximum atomic E-state index is 14.3. The highest BCUT2D eigenvalue weighted by Crippen LogP contribution is 2.33. The van der Waals surface area contributed by atoms with Crippen molar-refractivity contribution in [2.75, 3.05) is 66.3 Å². The van der Waals surface area contributed by atoms with Gasteiger partial charge in [-0.2, -0.15) is 0 Å². The molecular formula is C107H97F2N13O6. The number of benzene rings is 10. The van der Waals surface area contributed by atoms with Crippen LogP contribution in [0.25, 0.3) is 0 Å². The minimum absolute atomic E-state index is 0.00928. The van der Waals surface area contributed by atoms with Crippen LogP contribution < -0.4 is 29.2 Å². The summed E-state index contributed by atoms with van der Waals surface area (Å²) in [5.41, 5.74) is 19.5. The molecule has 0 saturated carbocycles. The molecular weight excluding hydrogens is 1600 g/mol. The fourth-order valence-corrected chi connectivity index (χ4v) is 13.6. The van der Waals surface area contributed by atoms with Crippen molar-refractivity contribution in [1.29, 1.82) is 0 Å². The van der Waals surface area contributed by atoms with E-state index in [-0.39, 0.29) is 41.0 Å². The molecule has 640 valence electrons. The third-order valence-corrected chi connectivity index (χ3v) is 20.7. The Balaban J connectivity index is 0.000000155. The van der Waals surface area contributed by atoms with E-state index in [0.29, 0.717) is 64.9 Å². The van der Waals surface area contributed by atoms with Crippen molar-refractivity contribution in [1.82, 2.24) is 39.9 Å². The number of nitrogens with zero attached hydrogens (tertiary/aromatic N) is 13.